The molecule has 0 heteroatoms. The third-order valence-corrected chi connectivity index (χ3v) is 8.15. The van der Waals surface area contributed by atoms with Crippen LogP contribution in [0.1, 0.15) is 213 Å². The van der Waals surface area contributed by atoms with Gasteiger partial charge in [-0.2, -0.15) is 0 Å². The zero-order valence-electron chi connectivity index (χ0n) is 24.8. The zero-order chi connectivity index (χ0) is 24.8. The summed E-state index contributed by atoms with van der Waals surface area (Å²) < 4.78 is 0. The second kappa shape index (κ2) is 31.0. The van der Waals surface area contributed by atoms with Gasteiger partial charge in [0.05, 0.1) is 0 Å². The van der Waals surface area contributed by atoms with E-state index in [0.717, 1.165) is 5.92 Å². The quantitative estimate of drug-likeness (QED) is 0.0900. The lowest BCUT2D eigenvalue weighted by Crippen LogP contribution is -2.01. The standard InChI is InChI=1S/C34H70/c1-4-7-10-12-13-14-15-16-17-18-19-20-21-22-23-24-25-26-27-28-30-33-34(31-9-6-3)32-29-11-8-5-2/h34H,4-33H2,1-3H3. The van der Waals surface area contributed by atoms with Gasteiger partial charge in [0.2, 0.25) is 0 Å². The van der Waals surface area contributed by atoms with Gasteiger partial charge in [0.25, 0.3) is 0 Å². The normalized spacial score (nSPS) is 12.4. The predicted molar refractivity (Wildman–Crippen MR) is 159 cm³/mol. The van der Waals surface area contributed by atoms with Gasteiger partial charge in [-0.25, -0.2) is 0 Å². The highest BCUT2D eigenvalue weighted by Crippen LogP contribution is 2.24. The SMILES string of the molecule is CCCCCCCCCCCCCCCCCCCCCCCC(CCCC)CCCCCC. The molecule has 0 amide bonds. The van der Waals surface area contributed by atoms with Gasteiger partial charge in [-0.05, 0) is 5.92 Å². The van der Waals surface area contributed by atoms with Gasteiger partial charge >= 0.3 is 0 Å². The lowest BCUT2D eigenvalue weighted by molar-refractivity contribution is 0.371. The van der Waals surface area contributed by atoms with E-state index in [2.05, 4.69) is 20.8 Å². The smallest absolute Gasteiger partial charge is 0.0414 e. The van der Waals surface area contributed by atoms with E-state index in [4.69, 9.17) is 0 Å². The maximum atomic E-state index is 2.35. The highest BCUT2D eigenvalue weighted by Gasteiger charge is 2.08. The Balaban J connectivity index is 3.27. The molecular weight excluding hydrogens is 408 g/mol. The van der Waals surface area contributed by atoms with Crippen molar-refractivity contribution in [3.63, 3.8) is 0 Å². The van der Waals surface area contributed by atoms with E-state index in [-0.39, 0.29) is 0 Å². The van der Waals surface area contributed by atoms with Crippen LogP contribution in [-0.4, -0.2) is 0 Å². The van der Waals surface area contributed by atoms with Gasteiger partial charge in [0.1, 0.15) is 0 Å². The molecule has 0 heterocycles. The number of hydrogen-bond acceptors (Lipinski definition) is 0. The summed E-state index contributed by atoms with van der Waals surface area (Å²) in [6.07, 6.45) is 44.3. The zero-order valence-corrected chi connectivity index (χ0v) is 24.8. The average Bonchev–Trinajstić information content (AvgIpc) is 2.85. The predicted octanol–water partition coefficient (Wildman–Crippen LogP) is 13.4. The fraction of sp³-hybridized carbons (Fsp3) is 1.00. The molecule has 1 atom stereocenters. The van der Waals surface area contributed by atoms with E-state index < -0.39 is 0 Å². The van der Waals surface area contributed by atoms with Crippen molar-refractivity contribution < 1.29 is 0 Å². The van der Waals surface area contributed by atoms with E-state index in [0.29, 0.717) is 0 Å². The second-order valence-corrected chi connectivity index (χ2v) is 11.7. The van der Waals surface area contributed by atoms with Gasteiger partial charge in [-0.15, -0.1) is 0 Å². The van der Waals surface area contributed by atoms with E-state index in [1.54, 1.807) is 0 Å². The summed E-state index contributed by atoms with van der Waals surface area (Å²) in [5, 5.41) is 0. The first-order valence-corrected chi connectivity index (χ1v) is 16.8. The van der Waals surface area contributed by atoms with Gasteiger partial charge in [-0.3, -0.25) is 0 Å². The van der Waals surface area contributed by atoms with Crippen molar-refractivity contribution in [2.45, 2.75) is 213 Å². The summed E-state index contributed by atoms with van der Waals surface area (Å²) in [7, 11) is 0. The van der Waals surface area contributed by atoms with Crippen LogP contribution in [0.15, 0.2) is 0 Å². The highest BCUT2D eigenvalue weighted by molar-refractivity contribution is 4.61. The summed E-state index contributed by atoms with van der Waals surface area (Å²) in [4.78, 5) is 0. The van der Waals surface area contributed by atoms with Crippen molar-refractivity contribution in [2.75, 3.05) is 0 Å². The van der Waals surface area contributed by atoms with Crippen LogP contribution in [0.2, 0.25) is 0 Å². The first kappa shape index (κ1) is 34.0. The molecule has 0 saturated heterocycles. The molecule has 0 bridgehead atoms. The van der Waals surface area contributed by atoms with Crippen LogP contribution < -0.4 is 0 Å². The van der Waals surface area contributed by atoms with Crippen LogP contribution in [0.3, 0.4) is 0 Å². The summed E-state index contributed by atoms with van der Waals surface area (Å²) in [5.41, 5.74) is 0. The van der Waals surface area contributed by atoms with Crippen molar-refractivity contribution in [2.24, 2.45) is 5.92 Å². The maximum Gasteiger partial charge on any atom is -0.0414 e. The summed E-state index contributed by atoms with van der Waals surface area (Å²) >= 11 is 0. The van der Waals surface area contributed by atoms with Crippen molar-refractivity contribution in [1.29, 1.82) is 0 Å². The molecule has 0 nitrogen and oxygen atoms in total. The molecule has 0 fully saturated rings. The lowest BCUT2D eigenvalue weighted by Gasteiger charge is -2.16. The van der Waals surface area contributed by atoms with Gasteiger partial charge in [0.15, 0.2) is 0 Å². The monoisotopic (exact) mass is 479 g/mol. The van der Waals surface area contributed by atoms with Crippen molar-refractivity contribution in [3.05, 3.63) is 0 Å². The number of hydrogen-bond donors (Lipinski definition) is 0. The molecule has 0 aliphatic heterocycles. The Labute approximate surface area is 219 Å². The van der Waals surface area contributed by atoms with Crippen LogP contribution in [0.25, 0.3) is 0 Å². The molecule has 0 aromatic carbocycles. The minimum Gasteiger partial charge on any atom is -0.0654 e. The van der Waals surface area contributed by atoms with Crippen LogP contribution >= 0.6 is 0 Å². The first-order valence-electron chi connectivity index (χ1n) is 16.8. The van der Waals surface area contributed by atoms with E-state index in [9.17, 15) is 0 Å². The molecule has 0 aliphatic carbocycles. The van der Waals surface area contributed by atoms with Crippen LogP contribution in [0.5, 0.6) is 0 Å². The average molecular weight is 479 g/mol. The Hall–Kier alpha value is 0. The second-order valence-electron chi connectivity index (χ2n) is 11.7. The van der Waals surface area contributed by atoms with E-state index in [1.165, 1.54) is 193 Å². The van der Waals surface area contributed by atoms with E-state index in [1.807, 2.05) is 0 Å². The highest BCUT2D eigenvalue weighted by atomic mass is 14.1. The third kappa shape index (κ3) is 28.2. The molecule has 206 valence electrons. The molecule has 0 aliphatic rings. The maximum absolute atomic E-state index is 2.35. The molecule has 1 unspecified atom stereocenters. The largest absolute Gasteiger partial charge is 0.0654 e. The third-order valence-electron chi connectivity index (χ3n) is 8.15. The number of unbranched alkanes of at least 4 members (excludes halogenated alkanes) is 24. The molecule has 0 spiro atoms. The van der Waals surface area contributed by atoms with Crippen LogP contribution in [0, 0.1) is 5.92 Å². The molecule has 0 aromatic rings. The fourth-order valence-electron chi connectivity index (χ4n) is 5.65. The van der Waals surface area contributed by atoms with Gasteiger partial charge < -0.3 is 0 Å². The first-order chi connectivity index (χ1) is 16.8. The van der Waals surface area contributed by atoms with Gasteiger partial charge in [0, 0.05) is 0 Å². The molecule has 0 N–H and O–H groups in total. The van der Waals surface area contributed by atoms with E-state index >= 15 is 0 Å². The molecule has 0 aromatic heterocycles. The Bertz CT molecular complexity index is 333. The molecule has 34 heavy (non-hydrogen) atoms. The van der Waals surface area contributed by atoms with Crippen LogP contribution in [0.4, 0.5) is 0 Å². The minimum atomic E-state index is 1.04. The lowest BCUT2D eigenvalue weighted by atomic mass is 9.90. The fourth-order valence-corrected chi connectivity index (χ4v) is 5.65. The molecule has 0 radical (unpaired) electrons. The molecule has 0 saturated carbocycles. The summed E-state index contributed by atoms with van der Waals surface area (Å²) in [6.45, 7) is 6.99. The molecular formula is C34H70. The summed E-state index contributed by atoms with van der Waals surface area (Å²) in [5.74, 6) is 1.04. The summed E-state index contributed by atoms with van der Waals surface area (Å²) in [6, 6.07) is 0. The van der Waals surface area contributed by atoms with Crippen LogP contribution in [-0.2, 0) is 0 Å². The Kier molecular flexibility index (Phi) is 31.0. The van der Waals surface area contributed by atoms with Crippen molar-refractivity contribution >= 4 is 0 Å². The minimum absolute atomic E-state index is 1.04. The number of rotatable bonds is 30. The molecule has 0 rings (SSSR count). The Morgan fingerprint density at radius 2 is 0.441 bits per heavy atom. The van der Waals surface area contributed by atoms with Crippen molar-refractivity contribution in [1.82, 2.24) is 0 Å². The van der Waals surface area contributed by atoms with Crippen molar-refractivity contribution in [3.8, 4) is 0 Å². The Morgan fingerprint density at radius 1 is 0.235 bits per heavy atom. The topological polar surface area (TPSA) is 0 Å². The van der Waals surface area contributed by atoms with Gasteiger partial charge in [-0.1, -0.05) is 213 Å². The Morgan fingerprint density at radius 3 is 0.735 bits per heavy atom.